The number of likely N-dealkylation sites (N-methyl/N-ethyl adjacent to an activating group) is 3. The monoisotopic (exact) mass is 365 g/mol. The highest BCUT2D eigenvalue weighted by Crippen LogP contribution is 1.95. The van der Waals surface area contributed by atoms with Gasteiger partial charge in [0.05, 0.1) is 25.5 Å². The van der Waals surface area contributed by atoms with Crippen molar-refractivity contribution in [2.75, 3.05) is 53.2 Å². The average Bonchev–Trinajstić information content (AvgIpc) is 2.45. The third-order valence-corrected chi connectivity index (χ3v) is 3.21. The lowest BCUT2D eigenvalue weighted by molar-refractivity contribution is -0.147. The molecule has 0 radical (unpaired) electrons. The quantitative estimate of drug-likeness (QED) is 0.423. The number of rotatable bonds is 7. The average molecular weight is 366 g/mol. The number of alkyl halides is 1. The molecule has 9 heteroatoms. The Balaban J connectivity index is 4.37. The maximum absolute atomic E-state index is 11.9. The van der Waals surface area contributed by atoms with Crippen molar-refractivity contribution in [1.29, 1.82) is 0 Å². The Morgan fingerprint density at radius 1 is 0.810 bits per heavy atom. The fourth-order valence-corrected chi connectivity index (χ4v) is 1.70. The van der Waals surface area contributed by atoms with Gasteiger partial charge in [-0.05, 0) is 0 Å². The van der Waals surface area contributed by atoms with Crippen molar-refractivity contribution in [2.24, 2.45) is 0 Å². The van der Waals surface area contributed by atoms with E-state index in [0.29, 0.717) is 0 Å². The summed E-state index contributed by atoms with van der Waals surface area (Å²) in [6.07, 6.45) is 0. The van der Waals surface area contributed by atoms with E-state index in [1.807, 2.05) is 0 Å². The second-order valence-corrected chi connectivity index (χ2v) is 5.02. The highest BCUT2D eigenvalue weighted by atomic mass is 79.9. The fraction of sp³-hybridized carbons (Fsp3) is 0.667. The van der Waals surface area contributed by atoms with Crippen LogP contribution in [0.1, 0.15) is 0 Å². The van der Waals surface area contributed by atoms with Crippen molar-refractivity contribution in [3.63, 3.8) is 0 Å². The smallest absolute Gasteiger partial charge is 0.325 e. The first-order valence-electron chi connectivity index (χ1n) is 6.07. The Bertz CT molecular complexity index is 416. The molecule has 3 amide bonds. The number of hydrogen-bond acceptors (Lipinski definition) is 5. The van der Waals surface area contributed by atoms with Crippen LogP contribution in [0.5, 0.6) is 0 Å². The highest BCUT2D eigenvalue weighted by Gasteiger charge is 2.20. The number of nitrogens with zero attached hydrogens (tertiary/aromatic N) is 3. The SMILES string of the molecule is COC(=O)CN(C)C(=O)CN(C)C(=O)CN(C)C(=O)CBr. The molecule has 0 aromatic heterocycles. The first-order chi connectivity index (χ1) is 9.72. The van der Waals surface area contributed by atoms with E-state index in [1.165, 1.54) is 43.0 Å². The first-order valence-corrected chi connectivity index (χ1v) is 7.19. The van der Waals surface area contributed by atoms with Crippen LogP contribution >= 0.6 is 15.9 Å². The maximum atomic E-state index is 11.9. The van der Waals surface area contributed by atoms with E-state index in [-0.39, 0.29) is 36.8 Å². The van der Waals surface area contributed by atoms with Crippen LogP contribution in [0, 0.1) is 0 Å². The molecule has 0 spiro atoms. The summed E-state index contributed by atoms with van der Waals surface area (Å²) in [4.78, 5) is 49.7. The molecule has 0 saturated carbocycles. The van der Waals surface area contributed by atoms with Crippen molar-refractivity contribution in [3.05, 3.63) is 0 Å². The molecule has 0 aliphatic carbocycles. The molecule has 0 saturated heterocycles. The molecule has 0 aliphatic heterocycles. The van der Waals surface area contributed by atoms with E-state index in [1.54, 1.807) is 0 Å². The molecule has 0 aromatic carbocycles. The van der Waals surface area contributed by atoms with Crippen molar-refractivity contribution in [1.82, 2.24) is 14.7 Å². The van der Waals surface area contributed by atoms with Gasteiger partial charge in [0.2, 0.25) is 17.7 Å². The topological polar surface area (TPSA) is 87.2 Å². The van der Waals surface area contributed by atoms with Gasteiger partial charge in [-0.2, -0.15) is 0 Å². The summed E-state index contributed by atoms with van der Waals surface area (Å²) in [6.45, 7) is -0.475. The molecule has 0 aliphatic rings. The van der Waals surface area contributed by atoms with Gasteiger partial charge in [-0.15, -0.1) is 0 Å². The number of amides is 3. The first kappa shape index (κ1) is 19.4. The molecule has 0 heterocycles. The van der Waals surface area contributed by atoms with Crippen LogP contribution in [-0.4, -0.2) is 91.6 Å². The van der Waals surface area contributed by atoms with Crippen molar-refractivity contribution >= 4 is 39.6 Å². The lowest BCUT2D eigenvalue weighted by Gasteiger charge is -2.23. The molecule has 0 atom stereocenters. The van der Waals surface area contributed by atoms with Crippen LogP contribution in [0.2, 0.25) is 0 Å². The van der Waals surface area contributed by atoms with E-state index in [4.69, 9.17) is 0 Å². The molecule has 0 rings (SSSR count). The maximum Gasteiger partial charge on any atom is 0.325 e. The van der Waals surface area contributed by atoms with Crippen LogP contribution in [0.4, 0.5) is 0 Å². The van der Waals surface area contributed by atoms with Gasteiger partial charge in [-0.25, -0.2) is 0 Å². The normalized spacial score (nSPS) is 9.76. The third kappa shape index (κ3) is 7.07. The molecule has 0 fully saturated rings. The van der Waals surface area contributed by atoms with Crippen LogP contribution in [0.3, 0.4) is 0 Å². The molecule has 0 bridgehead atoms. The second kappa shape index (κ2) is 9.32. The number of halogens is 1. The fourth-order valence-electron chi connectivity index (χ4n) is 1.27. The molecule has 0 unspecified atom stereocenters. The van der Waals surface area contributed by atoms with Gasteiger partial charge in [0.25, 0.3) is 0 Å². The molecule has 0 N–H and O–H groups in total. The van der Waals surface area contributed by atoms with E-state index < -0.39 is 11.9 Å². The molecule has 8 nitrogen and oxygen atoms in total. The zero-order valence-corrected chi connectivity index (χ0v) is 14.2. The number of ether oxygens (including phenoxy) is 1. The van der Waals surface area contributed by atoms with Crippen LogP contribution in [0.25, 0.3) is 0 Å². The Kier molecular flexibility index (Phi) is 8.60. The largest absolute Gasteiger partial charge is 0.468 e. The summed E-state index contributed by atoms with van der Waals surface area (Å²) in [5.74, 6) is -1.54. The van der Waals surface area contributed by atoms with Crippen LogP contribution in [0.15, 0.2) is 0 Å². The number of carbonyl (C=O) groups excluding carboxylic acids is 4. The lowest BCUT2D eigenvalue weighted by atomic mass is 10.4. The minimum Gasteiger partial charge on any atom is -0.468 e. The lowest BCUT2D eigenvalue weighted by Crippen LogP contribution is -2.45. The third-order valence-electron chi connectivity index (χ3n) is 2.73. The van der Waals surface area contributed by atoms with E-state index in [9.17, 15) is 19.2 Å². The van der Waals surface area contributed by atoms with Crippen molar-refractivity contribution in [3.8, 4) is 0 Å². The summed E-state index contributed by atoms with van der Waals surface area (Å²) in [7, 11) is 5.63. The zero-order valence-electron chi connectivity index (χ0n) is 12.6. The highest BCUT2D eigenvalue weighted by molar-refractivity contribution is 9.09. The van der Waals surface area contributed by atoms with Gasteiger partial charge in [0.15, 0.2) is 0 Å². The van der Waals surface area contributed by atoms with Crippen molar-refractivity contribution in [2.45, 2.75) is 0 Å². The number of hydrogen-bond donors (Lipinski definition) is 0. The van der Waals surface area contributed by atoms with E-state index in [0.717, 1.165) is 0 Å². The summed E-state index contributed by atoms with van der Waals surface area (Å²) < 4.78 is 4.45. The van der Waals surface area contributed by atoms with Crippen LogP contribution in [-0.2, 0) is 23.9 Å². The van der Waals surface area contributed by atoms with E-state index in [2.05, 4.69) is 20.7 Å². The van der Waals surface area contributed by atoms with Gasteiger partial charge in [0.1, 0.15) is 6.54 Å². The molecule has 0 aromatic rings. The van der Waals surface area contributed by atoms with Crippen molar-refractivity contribution < 1.29 is 23.9 Å². The summed E-state index contributed by atoms with van der Waals surface area (Å²) in [5, 5.41) is 0.126. The van der Waals surface area contributed by atoms with Gasteiger partial charge in [-0.3, -0.25) is 19.2 Å². The minimum atomic E-state index is -0.539. The zero-order chi connectivity index (χ0) is 16.6. The second-order valence-electron chi connectivity index (χ2n) is 4.46. The van der Waals surface area contributed by atoms with Gasteiger partial charge in [0, 0.05) is 21.1 Å². The van der Waals surface area contributed by atoms with Gasteiger partial charge < -0.3 is 19.4 Å². The van der Waals surface area contributed by atoms with Crippen LogP contribution < -0.4 is 0 Å². The van der Waals surface area contributed by atoms with Gasteiger partial charge in [-0.1, -0.05) is 15.9 Å². The number of esters is 1. The predicted molar refractivity (Wildman–Crippen MR) is 78.7 cm³/mol. The Hall–Kier alpha value is -1.64. The molecular formula is C12H20BrN3O5. The molecular weight excluding hydrogens is 346 g/mol. The summed E-state index contributed by atoms with van der Waals surface area (Å²) in [5.41, 5.74) is 0. The number of carbonyl (C=O) groups is 4. The summed E-state index contributed by atoms with van der Waals surface area (Å²) >= 11 is 3.01. The Morgan fingerprint density at radius 3 is 1.57 bits per heavy atom. The molecule has 120 valence electrons. The van der Waals surface area contributed by atoms with Gasteiger partial charge >= 0.3 is 5.97 Å². The number of methoxy groups -OCH3 is 1. The summed E-state index contributed by atoms with van der Waals surface area (Å²) in [6, 6.07) is 0. The Morgan fingerprint density at radius 2 is 1.19 bits per heavy atom. The predicted octanol–water partition coefficient (Wildman–Crippen LogP) is -1.07. The minimum absolute atomic E-state index is 0.116. The Labute approximate surface area is 132 Å². The van der Waals surface area contributed by atoms with E-state index >= 15 is 0 Å². The molecule has 21 heavy (non-hydrogen) atoms. The standard InChI is InChI=1S/C12H20BrN3O5/c1-14(9(17)5-13)6-10(18)15(2)7-11(19)16(3)8-12(20)21-4/h5-8H2,1-4H3.